The molecule has 1 aromatic heterocycles. The Balaban J connectivity index is 1.45. The van der Waals surface area contributed by atoms with Crippen LogP contribution in [0.3, 0.4) is 0 Å². The zero-order chi connectivity index (χ0) is 22.0. The third-order valence-electron chi connectivity index (χ3n) is 5.97. The van der Waals surface area contributed by atoms with Crippen molar-refractivity contribution in [2.24, 2.45) is 0 Å². The normalized spacial score (nSPS) is 14.3. The van der Waals surface area contributed by atoms with E-state index in [4.69, 9.17) is 4.74 Å². The van der Waals surface area contributed by atoms with Crippen molar-refractivity contribution in [3.8, 4) is 11.4 Å². The maximum absolute atomic E-state index is 13.0. The average molecular weight is 420 g/mol. The van der Waals surface area contributed by atoms with Gasteiger partial charge in [0.1, 0.15) is 12.3 Å². The fraction of sp³-hybridized carbons (Fsp3) is 0.360. The number of hydrogen-bond donors (Lipinski definition) is 2. The van der Waals surface area contributed by atoms with Gasteiger partial charge in [0.15, 0.2) is 6.54 Å². The molecule has 2 aromatic carbocycles. The zero-order valence-electron chi connectivity index (χ0n) is 18.7. The van der Waals surface area contributed by atoms with E-state index < -0.39 is 0 Å². The minimum absolute atomic E-state index is 0.0325. The molecule has 0 saturated heterocycles. The highest BCUT2D eigenvalue weighted by Gasteiger charge is 2.34. The van der Waals surface area contributed by atoms with Crippen molar-refractivity contribution in [2.75, 3.05) is 19.0 Å². The van der Waals surface area contributed by atoms with Gasteiger partial charge in [-0.05, 0) is 57.2 Å². The number of anilines is 1. The molecule has 1 saturated carbocycles. The summed E-state index contributed by atoms with van der Waals surface area (Å²) in [6, 6.07) is 16.9. The molecule has 0 aliphatic heterocycles. The Labute approximate surface area is 183 Å². The lowest BCUT2D eigenvalue weighted by Crippen LogP contribution is -3.13. The highest BCUT2D eigenvalue weighted by molar-refractivity contribution is 5.92. The standard InChI is InChI=1S/C25H30N4O2/c1-17-5-9-22(10-6-17)29-19(3)25(18(2)27-29)26-24(30)16-28(21-11-12-21)15-20-7-13-23(31-4)14-8-20/h5-10,13-14,21H,11-12,15-16H2,1-4H3,(H,26,30)/p+1. The van der Waals surface area contributed by atoms with Gasteiger partial charge in [0, 0.05) is 18.4 Å². The number of rotatable bonds is 8. The number of benzene rings is 2. The first kappa shape index (κ1) is 21.1. The summed E-state index contributed by atoms with van der Waals surface area (Å²) in [5, 5.41) is 7.79. The van der Waals surface area contributed by atoms with E-state index in [-0.39, 0.29) is 5.91 Å². The largest absolute Gasteiger partial charge is 0.497 e. The number of nitrogens with zero attached hydrogens (tertiary/aromatic N) is 2. The molecule has 1 aliphatic rings. The third-order valence-corrected chi connectivity index (χ3v) is 5.97. The van der Waals surface area contributed by atoms with Crippen LogP contribution in [0.2, 0.25) is 0 Å². The van der Waals surface area contributed by atoms with E-state index >= 15 is 0 Å². The lowest BCUT2D eigenvalue weighted by molar-refractivity contribution is -0.916. The summed E-state index contributed by atoms with van der Waals surface area (Å²) in [5.74, 6) is 0.885. The van der Waals surface area contributed by atoms with Crippen molar-refractivity contribution in [2.45, 2.75) is 46.2 Å². The molecule has 0 spiro atoms. The van der Waals surface area contributed by atoms with E-state index in [9.17, 15) is 4.79 Å². The summed E-state index contributed by atoms with van der Waals surface area (Å²) in [4.78, 5) is 14.3. The molecule has 0 bridgehead atoms. The first-order valence-corrected chi connectivity index (χ1v) is 10.8. The van der Waals surface area contributed by atoms with Crippen molar-refractivity contribution in [1.82, 2.24) is 9.78 Å². The number of methoxy groups -OCH3 is 1. The van der Waals surface area contributed by atoms with Crippen LogP contribution in [0.5, 0.6) is 5.75 Å². The van der Waals surface area contributed by atoms with Crippen LogP contribution < -0.4 is 15.0 Å². The minimum atomic E-state index is 0.0325. The lowest BCUT2D eigenvalue weighted by Gasteiger charge is -2.19. The highest BCUT2D eigenvalue weighted by atomic mass is 16.5. The maximum atomic E-state index is 13.0. The molecule has 6 heteroatoms. The van der Waals surface area contributed by atoms with E-state index in [1.54, 1.807) is 7.11 Å². The molecule has 1 unspecified atom stereocenters. The second-order valence-electron chi connectivity index (χ2n) is 8.48. The quantitative estimate of drug-likeness (QED) is 0.590. The number of amides is 1. The number of ether oxygens (including phenoxy) is 1. The van der Waals surface area contributed by atoms with Gasteiger partial charge >= 0.3 is 0 Å². The van der Waals surface area contributed by atoms with E-state index in [2.05, 4.69) is 41.6 Å². The average Bonchev–Trinajstić information content (AvgIpc) is 3.57. The molecule has 31 heavy (non-hydrogen) atoms. The number of aromatic nitrogens is 2. The Morgan fingerprint density at radius 2 is 1.77 bits per heavy atom. The molecular formula is C25H31N4O2+. The minimum Gasteiger partial charge on any atom is -0.497 e. The summed E-state index contributed by atoms with van der Waals surface area (Å²) in [6.07, 6.45) is 2.37. The van der Waals surface area contributed by atoms with Crippen molar-refractivity contribution >= 4 is 11.6 Å². The van der Waals surface area contributed by atoms with Gasteiger partial charge in [-0.25, -0.2) is 4.68 Å². The first-order valence-electron chi connectivity index (χ1n) is 10.8. The van der Waals surface area contributed by atoms with Gasteiger partial charge in [0.25, 0.3) is 5.91 Å². The summed E-state index contributed by atoms with van der Waals surface area (Å²) in [5.41, 5.74) is 6.00. The smallest absolute Gasteiger partial charge is 0.279 e. The first-order chi connectivity index (χ1) is 14.9. The van der Waals surface area contributed by atoms with Crippen molar-refractivity contribution < 1.29 is 14.4 Å². The van der Waals surface area contributed by atoms with Gasteiger partial charge < -0.3 is 15.0 Å². The van der Waals surface area contributed by atoms with Gasteiger partial charge in [-0.3, -0.25) is 4.79 Å². The lowest BCUT2D eigenvalue weighted by atomic mass is 10.2. The van der Waals surface area contributed by atoms with Gasteiger partial charge in [0.2, 0.25) is 0 Å². The molecule has 0 radical (unpaired) electrons. The molecule has 1 heterocycles. The van der Waals surface area contributed by atoms with Crippen LogP contribution in [0, 0.1) is 20.8 Å². The van der Waals surface area contributed by atoms with Gasteiger partial charge in [-0.2, -0.15) is 5.10 Å². The van der Waals surface area contributed by atoms with Gasteiger partial charge in [-0.15, -0.1) is 0 Å². The number of aryl methyl sites for hydroxylation is 2. The molecule has 3 aromatic rings. The molecule has 1 amide bonds. The SMILES string of the molecule is COc1ccc(C[NH+](CC(=O)Nc2c(C)nn(-c3ccc(C)cc3)c2C)C2CC2)cc1. The van der Waals surface area contributed by atoms with Crippen molar-refractivity contribution in [1.29, 1.82) is 0 Å². The molecule has 4 rings (SSSR count). The van der Waals surface area contributed by atoms with Crippen LogP contribution in [0.4, 0.5) is 5.69 Å². The van der Waals surface area contributed by atoms with E-state index in [0.717, 1.165) is 35.1 Å². The Kier molecular flexibility index (Phi) is 6.09. The van der Waals surface area contributed by atoms with E-state index in [1.807, 2.05) is 42.8 Å². The fourth-order valence-electron chi connectivity index (χ4n) is 4.00. The van der Waals surface area contributed by atoms with Crippen LogP contribution in [-0.4, -0.2) is 35.4 Å². The van der Waals surface area contributed by atoms with Crippen LogP contribution in [0.15, 0.2) is 48.5 Å². The second-order valence-corrected chi connectivity index (χ2v) is 8.48. The summed E-state index contributed by atoms with van der Waals surface area (Å²) in [6.45, 7) is 7.29. The Bertz CT molecular complexity index is 1050. The van der Waals surface area contributed by atoms with Crippen LogP contribution in [0.25, 0.3) is 5.69 Å². The number of quaternary nitrogens is 1. The van der Waals surface area contributed by atoms with Crippen LogP contribution >= 0.6 is 0 Å². The van der Waals surface area contributed by atoms with Gasteiger partial charge in [-0.1, -0.05) is 17.7 Å². The van der Waals surface area contributed by atoms with E-state index in [0.29, 0.717) is 12.6 Å². The number of carbonyl (C=O) groups excluding carboxylic acids is 1. The molecule has 1 atom stereocenters. The number of hydrogen-bond acceptors (Lipinski definition) is 3. The predicted octanol–water partition coefficient (Wildman–Crippen LogP) is 2.99. The van der Waals surface area contributed by atoms with Crippen LogP contribution in [-0.2, 0) is 11.3 Å². The zero-order valence-corrected chi connectivity index (χ0v) is 18.7. The Morgan fingerprint density at radius 3 is 2.39 bits per heavy atom. The second kappa shape index (κ2) is 8.94. The Hall–Kier alpha value is -3.12. The number of nitrogens with one attached hydrogen (secondary N) is 2. The van der Waals surface area contributed by atoms with Crippen molar-refractivity contribution in [3.05, 3.63) is 71.0 Å². The highest BCUT2D eigenvalue weighted by Crippen LogP contribution is 2.23. The molecule has 1 fully saturated rings. The van der Waals surface area contributed by atoms with Crippen LogP contribution in [0.1, 0.15) is 35.4 Å². The molecule has 1 aliphatic carbocycles. The Morgan fingerprint density at radius 1 is 1.10 bits per heavy atom. The topological polar surface area (TPSA) is 60.6 Å². The molecule has 2 N–H and O–H groups in total. The molecule has 162 valence electrons. The number of carbonyl (C=O) groups is 1. The van der Waals surface area contributed by atoms with E-state index in [1.165, 1.54) is 28.9 Å². The summed E-state index contributed by atoms with van der Waals surface area (Å²) >= 11 is 0. The monoisotopic (exact) mass is 419 g/mol. The summed E-state index contributed by atoms with van der Waals surface area (Å²) in [7, 11) is 1.67. The predicted molar refractivity (Wildman–Crippen MR) is 122 cm³/mol. The van der Waals surface area contributed by atoms with Crippen molar-refractivity contribution in [3.63, 3.8) is 0 Å². The molecule has 6 nitrogen and oxygen atoms in total. The summed E-state index contributed by atoms with van der Waals surface area (Å²) < 4.78 is 7.14. The maximum Gasteiger partial charge on any atom is 0.279 e. The third kappa shape index (κ3) is 4.97. The fourth-order valence-corrected chi connectivity index (χ4v) is 4.00. The molecular weight excluding hydrogens is 388 g/mol. The van der Waals surface area contributed by atoms with Gasteiger partial charge in [0.05, 0.1) is 35.9 Å².